The van der Waals surface area contributed by atoms with Gasteiger partial charge in [0.15, 0.2) is 0 Å². The van der Waals surface area contributed by atoms with Crippen molar-refractivity contribution in [3.05, 3.63) is 28.8 Å². The van der Waals surface area contributed by atoms with Gasteiger partial charge < -0.3 is 5.32 Å². The van der Waals surface area contributed by atoms with E-state index in [2.05, 4.69) is 17.7 Å². The van der Waals surface area contributed by atoms with Gasteiger partial charge in [-0.05, 0) is 24.6 Å². The molecular weight excluding hydrogens is 238 g/mol. The first-order valence-electron chi connectivity index (χ1n) is 5.56. The van der Waals surface area contributed by atoms with Crippen LogP contribution in [-0.2, 0) is 0 Å². The molecule has 1 aromatic carbocycles. The maximum Gasteiger partial charge on any atom is 0.267 e. The third-order valence-electron chi connectivity index (χ3n) is 2.12. The number of nitrogens with zero attached hydrogens (tertiary/aromatic N) is 1. The van der Waals surface area contributed by atoms with Crippen molar-refractivity contribution in [2.45, 2.75) is 13.3 Å². The summed E-state index contributed by atoms with van der Waals surface area (Å²) in [5, 5.41) is 5.36. The molecule has 0 bridgehead atoms. The molecule has 1 aromatic rings. The van der Waals surface area contributed by atoms with Gasteiger partial charge in [0, 0.05) is 31.4 Å². The number of carbonyl (C=O) groups excluding carboxylic acids is 1. The van der Waals surface area contributed by atoms with Gasteiger partial charge >= 0.3 is 0 Å². The molecule has 1 rings (SSSR count). The van der Waals surface area contributed by atoms with Crippen LogP contribution in [0.5, 0.6) is 0 Å². The van der Waals surface area contributed by atoms with Crippen molar-refractivity contribution in [1.29, 1.82) is 0 Å². The van der Waals surface area contributed by atoms with Crippen LogP contribution in [-0.4, -0.2) is 31.6 Å². The number of nitrogens with one attached hydrogen (secondary N) is 2. The fourth-order valence-corrected chi connectivity index (χ4v) is 1.55. The number of hydrogen-bond acceptors (Lipinski definition) is 3. The monoisotopic (exact) mass is 255 g/mol. The SMILES string of the molecule is CCCNc1ccc(Cl)cc1C(=O)NN(C)C. The van der Waals surface area contributed by atoms with Crippen molar-refractivity contribution in [3.63, 3.8) is 0 Å². The van der Waals surface area contributed by atoms with Gasteiger partial charge in [0.25, 0.3) is 5.91 Å². The smallest absolute Gasteiger partial charge is 0.267 e. The Morgan fingerprint density at radius 2 is 2.12 bits per heavy atom. The first kappa shape index (κ1) is 13.8. The highest BCUT2D eigenvalue weighted by Gasteiger charge is 2.12. The van der Waals surface area contributed by atoms with Crippen LogP contribution in [0.2, 0.25) is 5.02 Å². The highest BCUT2D eigenvalue weighted by Crippen LogP contribution is 2.20. The van der Waals surface area contributed by atoms with Crippen LogP contribution < -0.4 is 10.7 Å². The van der Waals surface area contributed by atoms with E-state index in [1.807, 2.05) is 6.07 Å². The third kappa shape index (κ3) is 4.24. The molecule has 94 valence electrons. The molecule has 0 saturated carbocycles. The molecular formula is C12H18ClN3O. The summed E-state index contributed by atoms with van der Waals surface area (Å²) in [5.74, 6) is -0.170. The van der Waals surface area contributed by atoms with E-state index >= 15 is 0 Å². The van der Waals surface area contributed by atoms with Crippen LogP contribution in [0, 0.1) is 0 Å². The minimum absolute atomic E-state index is 0.170. The molecule has 0 aliphatic heterocycles. The van der Waals surface area contributed by atoms with Gasteiger partial charge in [-0.15, -0.1) is 0 Å². The topological polar surface area (TPSA) is 44.4 Å². The zero-order chi connectivity index (χ0) is 12.8. The number of hydrogen-bond donors (Lipinski definition) is 2. The van der Waals surface area contributed by atoms with Gasteiger partial charge in [-0.1, -0.05) is 18.5 Å². The maximum absolute atomic E-state index is 11.9. The zero-order valence-electron chi connectivity index (χ0n) is 10.4. The Morgan fingerprint density at radius 3 is 2.71 bits per heavy atom. The molecule has 0 heterocycles. The molecule has 0 aromatic heterocycles. The third-order valence-corrected chi connectivity index (χ3v) is 2.35. The Morgan fingerprint density at radius 1 is 1.41 bits per heavy atom. The number of carbonyl (C=O) groups is 1. The quantitative estimate of drug-likeness (QED) is 0.794. The summed E-state index contributed by atoms with van der Waals surface area (Å²) in [4.78, 5) is 11.9. The number of anilines is 1. The Kier molecular flexibility index (Phi) is 5.25. The molecule has 4 nitrogen and oxygen atoms in total. The van der Waals surface area contributed by atoms with Crippen LogP contribution in [0.15, 0.2) is 18.2 Å². The molecule has 0 saturated heterocycles. The Bertz CT molecular complexity index is 393. The van der Waals surface area contributed by atoms with Crippen LogP contribution in [0.3, 0.4) is 0 Å². The van der Waals surface area contributed by atoms with Crippen molar-refractivity contribution in [1.82, 2.24) is 10.4 Å². The molecule has 0 radical (unpaired) electrons. The number of rotatable bonds is 5. The van der Waals surface area contributed by atoms with Crippen LogP contribution in [0.4, 0.5) is 5.69 Å². The minimum atomic E-state index is -0.170. The lowest BCUT2D eigenvalue weighted by Crippen LogP contribution is -2.36. The van der Waals surface area contributed by atoms with Crippen LogP contribution in [0.25, 0.3) is 0 Å². The van der Waals surface area contributed by atoms with E-state index in [9.17, 15) is 4.79 Å². The Balaban J connectivity index is 2.93. The summed E-state index contributed by atoms with van der Waals surface area (Å²) in [6.45, 7) is 2.90. The van der Waals surface area contributed by atoms with E-state index in [4.69, 9.17) is 11.6 Å². The molecule has 0 fully saturated rings. The molecule has 0 aliphatic carbocycles. The van der Waals surface area contributed by atoms with Crippen LogP contribution >= 0.6 is 11.6 Å². The highest BCUT2D eigenvalue weighted by atomic mass is 35.5. The summed E-state index contributed by atoms with van der Waals surface area (Å²) >= 11 is 5.91. The van der Waals surface area contributed by atoms with Crippen molar-refractivity contribution in [3.8, 4) is 0 Å². The number of benzene rings is 1. The van der Waals surface area contributed by atoms with E-state index in [1.54, 1.807) is 31.2 Å². The standard InChI is InChI=1S/C12H18ClN3O/c1-4-7-14-11-6-5-9(13)8-10(11)12(17)15-16(2)3/h5-6,8,14H,4,7H2,1-3H3,(H,15,17). The average Bonchev–Trinajstić information content (AvgIpc) is 2.26. The van der Waals surface area contributed by atoms with E-state index in [1.165, 1.54) is 0 Å². The fraction of sp³-hybridized carbons (Fsp3) is 0.417. The summed E-state index contributed by atoms with van der Waals surface area (Å²) in [6, 6.07) is 5.26. The second-order valence-electron chi connectivity index (χ2n) is 3.95. The predicted molar refractivity (Wildman–Crippen MR) is 71.4 cm³/mol. The molecule has 0 spiro atoms. The molecule has 17 heavy (non-hydrogen) atoms. The molecule has 0 atom stereocenters. The van der Waals surface area contributed by atoms with Gasteiger partial charge in [0.2, 0.25) is 0 Å². The summed E-state index contributed by atoms with van der Waals surface area (Å²) in [6.07, 6.45) is 0.997. The summed E-state index contributed by atoms with van der Waals surface area (Å²) in [5.41, 5.74) is 4.06. The molecule has 0 aliphatic rings. The van der Waals surface area contributed by atoms with Gasteiger partial charge in [-0.25, -0.2) is 5.01 Å². The molecule has 1 amide bonds. The summed E-state index contributed by atoms with van der Waals surface area (Å²) in [7, 11) is 3.53. The van der Waals surface area contributed by atoms with E-state index in [0.717, 1.165) is 18.7 Å². The van der Waals surface area contributed by atoms with E-state index in [0.29, 0.717) is 10.6 Å². The predicted octanol–water partition coefficient (Wildman–Crippen LogP) is 2.37. The van der Waals surface area contributed by atoms with E-state index in [-0.39, 0.29) is 5.91 Å². The number of hydrazine groups is 1. The number of halogens is 1. The maximum atomic E-state index is 11.9. The molecule has 2 N–H and O–H groups in total. The molecule has 5 heteroatoms. The lowest BCUT2D eigenvalue weighted by atomic mass is 10.1. The normalized spacial score (nSPS) is 10.4. The van der Waals surface area contributed by atoms with Crippen molar-refractivity contribution < 1.29 is 4.79 Å². The van der Waals surface area contributed by atoms with Crippen molar-refractivity contribution in [2.24, 2.45) is 0 Å². The lowest BCUT2D eigenvalue weighted by Gasteiger charge is -2.15. The Hall–Kier alpha value is -1.26. The van der Waals surface area contributed by atoms with Crippen molar-refractivity contribution in [2.75, 3.05) is 26.0 Å². The largest absolute Gasteiger partial charge is 0.384 e. The first-order chi connectivity index (χ1) is 8.04. The average molecular weight is 256 g/mol. The van der Waals surface area contributed by atoms with Gasteiger partial charge in [0.1, 0.15) is 0 Å². The van der Waals surface area contributed by atoms with Gasteiger partial charge in [-0.2, -0.15) is 0 Å². The lowest BCUT2D eigenvalue weighted by molar-refractivity contribution is 0.0858. The Labute approximate surface area is 107 Å². The van der Waals surface area contributed by atoms with Crippen LogP contribution in [0.1, 0.15) is 23.7 Å². The minimum Gasteiger partial charge on any atom is -0.384 e. The fourth-order valence-electron chi connectivity index (χ4n) is 1.38. The number of amides is 1. The van der Waals surface area contributed by atoms with E-state index < -0.39 is 0 Å². The van der Waals surface area contributed by atoms with Gasteiger partial charge in [0.05, 0.1) is 5.56 Å². The second kappa shape index (κ2) is 6.47. The summed E-state index contributed by atoms with van der Waals surface area (Å²) < 4.78 is 0. The highest BCUT2D eigenvalue weighted by molar-refractivity contribution is 6.31. The first-order valence-corrected chi connectivity index (χ1v) is 5.94. The van der Waals surface area contributed by atoms with Crippen molar-refractivity contribution >= 4 is 23.2 Å². The second-order valence-corrected chi connectivity index (χ2v) is 4.39. The zero-order valence-corrected chi connectivity index (χ0v) is 11.1. The van der Waals surface area contributed by atoms with Gasteiger partial charge in [-0.3, -0.25) is 10.2 Å². The molecule has 0 unspecified atom stereocenters.